The third-order valence-electron chi connectivity index (χ3n) is 3.74. The van der Waals surface area contributed by atoms with E-state index in [9.17, 15) is 18.7 Å². The van der Waals surface area contributed by atoms with Gasteiger partial charge in [0.05, 0.1) is 12.2 Å². The number of alkyl halides is 2. The highest BCUT2D eigenvalue weighted by Crippen LogP contribution is 2.41. The standard InChI is InChI=1S/C19H28F2O3/c1-17(2,3)13-10-12(16(22)23)11-14(18(4,5)6)15(13)24-9-8-19(7,20)21/h10-11H,8-9H2,1-7H3,(H,22,23). The predicted octanol–water partition coefficient (Wildman–Crippen LogP) is 5.40. The van der Waals surface area contributed by atoms with Crippen LogP contribution in [0.3, 0.4) is 0 Å². The molecule has 0 aliphatic carbocycles. The van der Waals surface area contributed by atoms with Crippen molar-refractivity contribution in [2.24, 2.45) is 0 Å². The first kappa shape index (κ1) is 20.4. The Kier molecular flexibility index (Phi) is 5.69. The van der Waals surface area contributed by atoms with Crippen molar-refractivity contribution in [3.05, 3.63) is 28.8 Å². The van der Waals surface area contributed by atoms with Crippen LogP contribution in [0.25, 0.3) is 0 Å². The van der Waals surface area contributed by atoms with Crippen molar-refractivity contribution >= 4 is 5.97 Å². The Bertz CT molecular complexity index is 568. The number of aromatic carboxylic acids is 1. The Morgan fingerprint density at radius 2 is 1.42 bits per heavy atom. The zero-order valence-electron chi connectivity index (χ0n) is 15.6. The van der Waals surface area contributed by atoms with Gasteiger partial charge in [-0.15, -0.1) is 0 Å². The van der Waals surface area contributed by atoms with E-state index in [-0.39, 0.29) is 29.4 Å². The van der Waals surface area contributed by atoms with Gasteiger partial charge in [0, 0.05) is 17.5 Å². The summed E-state index contributed by atoms with van der Waals surface area (Å²) in [5, 5.41) is 9.40. The van der Waals surface area contributed by atoms with Crippen molar-refractivity contribution in [3.63, 3.8) is 0 Å². The molecule has 1 rings (SSSR count). The fraction of sp³-hybridized carbons (Fsp3) is 0.632. The summed E-state index contributed by atoms with van der Waals surface area (Å²) < 4.78 is 32.0. The molecule has 1 aromatic carbocycles. The van der Waals surface area contributed by atoms with Crippen LogP contribution < -0.4 is 4.74 Å². The summed E-state index contributed by atoms with van der Waals surface area (Å²) in [4.78, 5) is 11.5. The summed E-state index contributed by atoms with van der Waals surface area (Å²) in [6.45, 7) is 12.4. The molecular weight excluding hydrogens is 314 g/mol. The van der Waals surface area contributed by atoms with Crippen molar-refractivity contribution in [1.29, 1.82) is 0 Å². The summed E-state index contributed by atoms with van der Waals surface area (Å²) in [5.74, 6) is -3.30. The lowest BCUT2D eigenvalue weighted by Crippen LogP contribution is -2.23. The van der Waals surface area contributed by atoms with Crippen molar-refractivity contribution in [1.82, 2.24) is 0 Å². The van der Waals surface area contributed by atoms with Gasteiger partial charge in [-0.05, 0) is 29.9 Å². The Morgan fingerprint density at radius 3 is 1.71 bits per heavy atom. The molecule has 0 saturated carbocycles. The average Bonchev–Trinajstić information content (AvgIpc) is 2.34. The molecule has 136 valence electrons. The molecule has 0 aliphatic heterocycles. The zero-order valence-corrected chi connectivity index (χ0v) is 15.6. The topological polar surface area (TPSA) is 46.5 Å². The number of rotatable bonds is 5. The van der Waals surface area contributed by atoms with E-state index in [0.29, 0.717) is 16.9 Å². The number of carboxylic acids is 1. The number of benzene rings is 1. The number of hydrogen-bond donors (Lipinski definition) is 1. The zero-order chi connectivity index (χ0) is 18.9. The molecule has 0 aliphatic rings. The van der Waals surface area contributed by atoms with E-state index < -0.39 is 11.9 Å². The third-order valence-corrected chi connectivity index (χ3v) is 3.74. The molecule has 0 bridgehead atoms. The van der Waals surface area contributed by atoms with Gasteiger partial charge < -0.3 is 9.84 Å². The lowest BCUT2D eigenvalue weighted by molar-refractivity contribution is 0.000546. The number of hydrogen-bond acceptors (Lipinski definition) is 2. The van der Waals surface area contributed by atoms with Gasteiger partial charge in [0.2, 0.25) is 5.92 Å². The molecule has 1 N–H and O–H groups in total. The van der Waals surface area contributed by atoms with Crippen molar-refractivity contribution < 1.29 is 23.4 Å². The minimum Gasteiger partial charge on any atom is -0.493 e. The van der Waals surface area contributed by atoms with Crippen LogP contribution in [0, 0.1) is 0 Å². The quantitative estimate of drug-likeness (QED) is 0.779. The maximum atomic E-state index is 13.1. The summed E-state index contributed by atoms with van der Waals surface area (Å²) in [7, 11) is 0. The van der Waals surface area contributed by atoms with Crippen LogP contribution in [-0.4, -0.2) is 23.6 Å². The fourth-order valence-corrected chi connectivity index (χ4v) is 2.35. The van der Waals surface area contributed by atoms with Crippen molar-refractivity contribution in [2.45, 2.75) is 71.6 Å². The monoisotopic (exact) mass is 342 g/mol. The first-order valence-electron chi connectivity index (χ1n) is 8.06. The van der Waals surface area contributed by atoms with Crippen LogP contribution in [0.2, 0.25) is 0 Å². The number of halogens is 2. The van der Waals surface area contributed by atoms with Crippen LogP contribution in [-0.2, 0) is 10.8 Å². The Hall–Kier alpha value is -1.65. The maximum absolute atomic E-state index is 13.1. The Labute approximate surface area is 143 Å². The normalized spacial score (nSPS) is 13.0. The first-order valence-corrected chi connectivity index (χ1v) is 8.06. The lowest BCUT2D eigenvalue weighted by Gasteiger charge is -2.30. The van der Waals surface area contributed by atoms with Gasteiger partial charge in [0.15, 0.2) is 0 Å². The summed E-state index contributed by atoms with van der Waals surface area (Å²) in [5.41, 5.74) is 0.849. The van der Waals surface area contributed by atoms with E-state index in [1.807, 2.05) is 41.5 Å². The summed E-state index contributed by atoms with van der Waals surface area (Å²) in [6.07, 6.45) is -0.388. The number of carboxylic acid groups (broad SMARTS) is 1. The van der Waals surface area contributed by atoms with Gasteiger partial charge in [-0.3, -0.25) is 0 Å². The molecule has 0 saturated heterocycles. The van der Waals surface area contributed by atoms with Gasteiger partial charge in [-0.25, -0.2) is 13.6 Å². The molecule has 0 spiro atoms. The van der Waals surface area contributed by atoms with E-state index >= 15 is 0 Å². The Balaban J connectivity index is 3.48. The molecule has 0 amide bonds. The molecule has 0 heterocycles. The van der Waals surface area contributed by atoms with Crippen LogP contribution >= 0.6 is 0 Å². The van der Waals surface area contributed by atoms with E-state index in [1.54, 1.807) is 12.1 Å². The molecule has 0 aromatic heterocycles. The van der Waals surface area contributed by atoms with E-state index in [1.165, 1.54) is 0 Å². The largest absolute Gasteiger partial charge is 0.493 e. The second-order valence-corrected chi connectivity index (χ2v) is 8.37. The number of ether oxygens (including phenoxy) is 1. The molecule has 0 fully saturated rings. The van der Waals surface area contributed by atoms with E-state index in [2.05, 4.69) is 0 Å². The van der Waals surface area contributed by atoms with Crippen LogP contribution in [0.4, 0.5) is 8.78 Å². The molecule has 0 unspecified atom stereocenters. The van der Waals surface area contributed by atoms with Gasteiger partial charge in [-0.1, -0.05) is 41.5 Å². The van der Waals surface area contributed by atoms with Gasteiger partial charge in [-0.2, -0.15) is 0 Å². The maximum Gasteiger partial charge on any atom is 0.335 e. The summed E-state index contributed by atoms with van der Waals surface area (Å²) in [6, 6.07) is 3.16. The highest BCUT2D eigenvalue weighted by atomic mass is 19.3. The molecular formula is C19H28F2O3. The number of carbonyl (C=O) groups is 1. The highest BCUT2D eigenvalue weighted by Gasteiger charge is 2.30. The first-order chi connectivity index (χ1) is 10.6. The van der Waals surface area contributed by atoms with Crippen LogP contribution in [0.1, 0.15) is 76.4 Å². The Morgan fingerprint density at radius 1 is 1.00 bits per heavy atom. The second kappa shape index (κ2) is 6.69. The van der Waals surface area contributed by atoms with Gasteiger partial charge in [0.25, 0.3) is 0 Å². The average molecular weight is 342 g/mol. The third kappa shape index (κ3) is 5.46. The molecule has 1 aromatic rings. The SMILES string of the molecule is CC(F)(F)CCOc1c(C(C)(C)C)cc(C(=O)O)cc1C(C)(C)C. The molecule has 5 heteroatoms. The molecule has 24 heavy (non-hydrogen) atoms. The van der Waals surface area contributed by atoms with Crippen molar-refractivity contribution in [3.8, 4) is 5.75 Å². The predicted molar refractivity (Wildman–Crippen MR) is 91.5 cm³/mol. The highest BCUT2D eigenvalue weighted by molar-refractivity contribution is 5.88. The lowest BCUT2D eigenvalue weighted by atomic mass is 9.78. The fourth-order valence-electron chi connectivity index (χ4n) is 2.35. The molecule has 0 radical (unpaired) electrons. The van der Waals surface area contributed by atoms with Crippen molar-refractivity contribution in [2.75, 3.05) is 6.61 Å². The summed E-state index contributed by atoms with van der Waals surface area (Å²) >= 11 is 0. The second-order valence-electron chi connectivity index (χ2n) is 8.37. The van der Waals surface area contributed by atoms with Crippen LogP contribution in [0.15, 0.2) is 12.1 Å². The van der Waals surface area contributed by atoms with E-state index in [0.717, 1.165) is 6.92 Å². The van der Waals surface area contributed by atoms with Crippen LogP contribution in [0.5, 0.6) is 5.75 Å². The molecule has 3 nitrogen and oxygen atoms in total. The minimum atomic E-state index is -2.80. The molecule has 0 atom stereocenters. The van der Waals surface area contributed by atoms with Gasteiger partial charge >= 0.3 is 5.97 Å². The van der Waals surface area contributed by atoms with Gasteiger partial charge in [0.1, 0.15) is 5.75 Å². The minimum absolute atomic E-state index is 0.123. The van der Waals surface area contributed by atoms with E-state index in [4.69, 9.17) is 4.74 Å². The smallest absolute Gasteiger partial charge is 0.335 e.